The van der Waals surface area contributed by atoms with Gasteiger partial charge < -0.3 is 10.2 Å². The van der Waals surface area contributed by atoms with Gasteiger partial charge in [0.2, 0.25) is 0 Å². The molecule has 0 saturated carbocycles. The lowest BCUT2D eigenvalue weighted by Crippen LogP contribution is -2.08. The van der Waals surface area contributed by atoms with Crippen molar-refractivity contribution in [3.63, 3.8) is 0 Å². The third kappa shape index (κ3) is 9.49. The molecule has 0 aliphatic carbocycles. The lowest BCUT2D eigenvalue weighted by atomic mass is 10.3. The highest BCUT2D eigenvalue weighted by Gasteiger charge is 1.91. The molecular weight excluding hydrogens is 260 g/mol. The Balaban J connectivity index is 0.000000385. The number of hydrazine groups is 1. The monoisotopic (exact) mass is 270 g/mol. The maximum Gasteiger partial charge on any atom is 0.394 e. The highest BCUT2D eigenvalue weighted by atomic mass is 35.5. The van der Waals surface area contributed by atoms with Crippen LogP contribution in [0.25, 0.3) is 0 Å². The third-order valence-corrected chi connectivity index (χ3v) is 1.36. The topological polar surface area (TPSA) is 108 Å². The molecule has 0 saturated heterocycles. The number of methoxy groups -OCH3 is 1. The van der Waals surface area contributed by atoms with Crippen LogP contribution >= 0.6 is 11.8 Å². The van der Waals surface area contributed by atoms with E-state index in [1.165, 1.54) is 0 Å². The van der Waals surface area contributed by atoms with Gasteiger partial charge in [-0.2, -0.15) is 8.42 Å². The van der Waals surface area contributed by atoms with E-state index in [0.717, 1.165) is 11.4 Å². The molecule has 16 heavy (non-hydrogen) atoms. The van der Waals surface area contributed by atoms with Crippen LogP contribution in [0.5, 0.6) is 5.75 Å². The van der Waals surface area contributed by atoms with E-state index in [4.69, 9.17) is 34.0 Å². The predicted octanol–water partition coefficient (Wildman–Crippen LogP) is 1.11. The molecule has 0 bridgehead atoms. The summed E-state index contributed by atoms with van der Waals surface area (Å²) < 4.78 is 36.6. The number of hydrogen-bond donors (Lipinski definition) is 4. The van der Waals surface area contributed by atoms with E-state index < -0.39 is 10.4 Å². The molecule has 0 aliphatic rings. The second-order valence-corrected chi connectivity index (χ2v) is 3.48. The Kier molecular flexibility index (Phi) is 6.77. The second-order valence-electron chi connectivity index (χ2n) is 2.40. The molecule has 1 aromatic carbocycles. The first-order valence-corrected chi connectivity index (χ1v) is 5.60. The number of benzene rings is 1. The quantitative estimate of drug-likeness (QED) is 0.370. The van der Waals surface area contributed by atoms with E-state index in [0.29, 0.717) is 0 Å². The average Bonchev–Trinajstić information content (AvgIpc) is 2.16. The Morgan fingerprint density at radius 1 is 1.38 bits per heavy atom. The van der Waals surface area contributed by atoms with Crippen molar-refractivity contribution < 1.29 is 22.3 Å². The minimum absolute atomic E-state index is 0.793. The molecule has 0 unspecified atom stereocenters. The molecule has 0 atom stereocenters. The van der Waals surface area contributed by atoms with E-state index in [-0.39, 0.29) is 0 Å². The van der Waals surface area contributed by atoms with Crippen molar-refractivity contribution in [2.75, 3.05) is 12.5 Å². The van der Waals surface area contributed by atoms with Crippen LogP contribution < -0.4 is 15.1 Å². The van der Waals surface area contributed by atoms with Crippen molar-refractivity contribution in [1.29, 1.82) is 0 Å². The fourth-order valence-corrected chi connectivity index (χ4v) is 0.864. The molecular formula is C7H11ClN2O5S. The fourth-order valence-electron chi connectivity index (χ4n) is 0.755. The smallest absolute Gasteiger partial charge is 0.394 e. The Bertz CT molecular complexity index is 403. The number of rotatable bonds is 3. The molecule has 4 N–H and O–H groups in total. The maximum absolute atomic E-state index is 8.74. The van der Waals surface area contributed by atoms with Crippen LogP contribution in [-0.4, -0.2) is 24.6 Å². The minimum Gasteiger partial charge on any atom is -0.497 e. The van der Waals surface area contributed by atoms with Crippen molar-refractivity contribution in [3.8, 4) is 5.75 Å². The molecule has 7 nitrogen and oxygen atoms in total. The summed E-state index contributed by atoms with van der Waals surface area (Å²) in [6.45, 7) is 0. The molecule has 0 heterocycles. The molecule has 0 spiro atoms. The van der Waals surface area contributed by atoms with E-state index in [1.54, 1.807) is 7.11 Å². The van der Waals surface area contributed by atoms with Crippen molar-refractivity contribution in [3.05, 3.63) is 24.3 Å². The Morgan fingerprint density at radius 2 is 1.94 bits per heavy atom. The summed E-state index contributed by atoms with van der Waals surface area (Å²) in [6, 6.07) is 7.43. The van der Waals surface area contributed by atoms with Gasteiger partial charge in [0, 0.05) is 6.07 Å². The largest absolute Gasteiger partial charge is 0.497 e. The number of hydrogen-bond acceptors (Lipinski definition) is 5. The van der Waals surface area contributed by atoms with Gasteiger partial charge >= 0.3 is 10.4 Å². The number of halogens is 1. The van der Waals surface area contributed by atoms with Crippen LogP contribution in [0.1, 0.15) is 0 Å². The van der Waals surface area contributed by atoms with Gasteiger partial charge in [0.1, 0.15) is 5.75 Å². The first-order chi connectivity index (χ1) is 7.36. The summed E-state index contributed by atoms with van der Waals surface area (Å²) in [5.41, 5.74) is 3.58. The average molecular weight is 271 g/mol. The second kappa shape index (κ2) is 7.25. The van der Waals surface area contributed by atoms with Crippen LogP contribution in [-0.2, 0) is 10.4 Å². The predicted molar refractivity (Wildman–Crippen MR) is 59.8 cm³/mol. The van der Waals surface area contributed by atoms with Crippen molar-refractivity contribution in [2.24, 2.45) is 0 Å². The van der Waals surface area contributed by atoms with Crippen molar-refractivity contribution in [2.45, 2.75) is 0 Å². The summed E-state index contributed by atoms with van der Waals surface area (Å²) in [7, 11) is -3.05. The van der Waals surface area contributed by atoms with Gasteiger partial charge in [0.15, 0.2) is 0 Å². The summed E-state index contributed by atoms with van der Waals surface area (Å²) in [5.74, 6) is 0.793. The summed E-state index contributed by atoms with van der Waals surface area (Å²) in [6.07, 6.45) is 0. The van der Waals surface area contributed by atoms with Crippen LogP contribution in [0.3, 0.4) is 0 Å². The molecule has 0 radical (unpaired) electrons. The number of ether oxygens (including phenoxy) is 1. The molecule has 9 heteroatoms. The van der Waals surface area contributed by atoms with E-state index in [9.17, 15) is 0 Å². The van der Waals surface area contributed by atoms with Gasteiger partial charge in [0.25, 0.3) is 0 Å². The van der Waals surface area contributed by atoms with Gasteiger partial charge in [-0.15, -0.1) is 4.94 Å². The molecule has 1 rings (SSSR count). The van der Waals surface area contributed by atoms with Crippen LogP contribution in [0.2, 0.25) is 0 Å². The first kappa shape index (κ1) is 14.9. The Hall–Kier alpha value is -1.06. The van der Waals surface area contributed by atoms with Crippen LogP contribution in [0.15, 0.2) is 24.3 Å². The Labute approximate surface area is 98.0 Å². The summed E-state index contributed by atoms with van der Waals surface area (Å²) in [5, 5.41) is 0. The molecule has 0 amide bonds. The van der Waals surface area contributed by atoms with Gasteiger partial charge in [0.05, 0.1) is 12.8 Å². The lowest BCUT2D eigenvalue weighted by Gasteiger charge is -2.03. The van der Waals surface area contributed by atoms with Gasteiger partial charge in [-0.1, -0.05) is 6.07 Å². The molecule has 0 aliphatic heterocycles. The highest BCUT2D eigenvalue weighted by molar-refractivity contribution is 7.79. The SMILES string of the molecule is COc1cccc(NNCl)c1.O=S(=O)(O)O. The van der Waals surface area contributed by atoms with E-state index in [1.807, 2.05) is 24.3 Å². The van der Waals surface area contributed by atoms with Gasteiger partial charge in [-0.25, -0.2) is 0 Å². The standard InChI is InChI=1S/C7H9ClN2O.H2O4S/c1-11-7-4-2-3-6(5-7)9-10-8;1-5(2,3)4/h2-5,9-10H,1H3;(H2,1,2,3,4). The lowest BCUT2D eigenvalue weighted by molar-refractivity contribution is 0.381. The van der Waals surface area contributed by atoms with E-state index in [2.05, 4.69) is 10.4 Å². The molecule has 92 valence electrons. The summed E-state index contributed by atoms with van der Waals surface area (Å²) in [4.78, 5) is 2.30. The van der Waals surface area contributed by atoms with E-state index >= 15 is 0 Å². The molecule has 1 aromatic rings. The third-order valence-electron chi connectivity index (χ3n) is 1.26. The molecule has 0 fully saturated rings. The van der Waals surface area contributed by atoms with Crippen molar-refractivity contribution in [1.82, 2.24) is 4.94 Å². The minimum atomic E-state index is -4.67. The zero-order valence-corrected chi connectivity index (χ0v) is 9.79. The summed E-state index contributed by atoms with van der Waals surface area (Å²) >= 11 is 5.23. The first-order valence-electron chi connectivity index (χ1n) is 3.82. The number of anilines is 1. The van der Waals surface area contributed by atoms with Gasteiger partial charge in [-0.05, 0) is 23.9 Å². The zero-order chi connectivity index (χ0) is 12.6. The maximum atomic E-state index is 8.74. The normalized spacial score (nSPS) is 10.0. The zero-order valence-electron chi connectivity index (χ0n) is 8.21. The number of nitrogens with one attached hydrogen (secondary N) is 2. The van der Waals surface area contributed by atoms with Crippen molar-refractivity contribution >= 4 is 27.9 Å². The van der Waals surface area contributed by atoms with Crippen LogP contribution in [0.4, 0.5) is 5.69 Å². The highest BCUT2D eigenvalue weighted by Crippen LogP contribution is 2.15. The Morgan fingerprint density at radius 3 is 2.38 bits per heavy atom. The van der Waals surface area contributed by atoms with Gasteiger partial charge in [-0.3, -0.25) is 9.11 Å². The fraction of sp³-hybridized carbons (Fsp3) is 0.143. The van der Waals surface area contributed by atoms with Crippen LogP contribution in [0, 0.1) is 0 Å². The molecule has 0 aromatic heterocycles.